The molecule has 6 aromatic carbocycles. The number of para-hydroxylation sites is 4. The largest absolute Gasteiger partial charge is 0.507 e. The lowest BCUT2D eigenvalue weighted by atomic mass is 9.86. The van der Waals surface area contributed by atoms with E-state index in [1.807, 2.05) is 84.9 Å². The van der Waals surface area contributed by atoms with Crippen LogP contribution in [0.4, 0.5) is 22.7 Å². The van der Waals surface area contributed by atoms with Crippen LogP contribution in [0.3, 0.4) is 0 Å². The van der Waals surface area contributed by atoms with Crippen molar-refractivity contribution in [2.75, 3.05) is 0 Å². The number of aromatic hydroxyl groups is 4. The molecule has 0 aliphatic heterocycles. The molecule has 4 N–H and O–H groups in total. The Morgan fingerprint density at radius 1 is 0.357 bits per heavy atom. The molecule has 6 aromatic rings. The summed E-state index contributed by atoms with van der Waals surface area (Å²) in [7, 11) is 0. The van der Waals surface area contributed by atoms with Gasteiger partial charge in [0.05, 0.1) is 22.7 Å². The Morgan fingerprint density at radius 2 is 0.625 bits per heavy atom. The third-order valence-corrected chi connectivity index (χ3v) is 9.31. The highest BCUT2D eigenvalue weighted by atomic mass is 16.3. The van der Waals surface area contributed by atoms with Crippen LogP contribution < -0.4 is 0 Å². The number of phenols is 4. The second-order valence-corrected chi connectivity index (χ2v) is 15.6. The van der Waals surface area contributed by atoms with Gasteiger partial charge in [0.1, 0.15) is 23.0 Å². The first kappa shape index (κ1) is 38.9. The summed E-state index contributed by atoms with van der Waals surface area (Å²) >= 11 is 0. The summed E-state index contributed by atoms with van der Waals surface area (Å²) in [5.41, 5.74) is 8.15. The molecule has 0 unspecified atom stereocenters. The summed E-state index contributed by atoms with van der Waals surface area (Å²) in [6.45, 7) is 12.7. The van der Waals surface area contributed by atoms with Crippen LogP contribution >= 0.6 is 0 Å². The Balaban J connectivity index is 1.24. The Hall–Kier alpha value is -6.80. The number of aliphatic imine (C=N–C) groups is 4. The highest BCUT2D eigenvalue weighted by molar-refractivity contribution is 5.93. The maximum Gasteiger partial charge on any atom is 0.124 e. The fourth-order valence-electron chi connectivity index (χ4n) is 5.85. The van der Waals surface area contributed by atoms with E-state index in [-0.39, 0.29) is 33.8 Å². The van der Waals surface area contributed by atoms with Gasteiger partial charge >= 0.3 is 0 Å². The molecule has 0 radical (unpaired) electrons. The van der Waals surface area contributed by atoms with Gasteiger partial charge in [0.25, 0.3) is 0 Å². The second-order valence-electron chi connectivity index (χ2n) is 15.6. The molecule has 56 heavy (non-hydrogen) atoms. The summed E-state index contributed by atoms with van der Waals surface area (Å²) in [6, 6.07) is 36.3. The number of benzene rings is 6. The molecule has 0 fully saturated rings. The average molecular weight is 743 g/mol. The van der Waals surface area contributed by atoms with Crippen LogP contribution in [0.5, 0.6) is 23.0 Å². The van der Waals surface area contributed by atoms with E-state index in [9.17, 15) is 20.4 Å². The van der Waals surface area contributed by atoms with Crippen molar-refractivity contribution in [2.24, 2.45) is 20.0 Å². The normalized spacial score (nSPS) is 12.5. The molecule has 0 heterocycles. The summed E-state index contributed by atoms with van der Waals surface area (Å²) in [5, 5.41) is 42.5. The van der Waals surface area contributed by atoms with E-state index < -0.39 is 0 Å². The maximum atomic E-state index is 10.8. The molecule has 0 amide bonds. The first-order valence-electron chi connectivity index (χ1n) is 18.3. The molecule has 0 spiro atoms. The maximum absolute atomic E-state index is 10.8. The first-order valence-corrected chi connectivity index (χ1v) is 18.3. The Morgan fingerprint density at radius 3 is 0.911 bits per heavy atom. The number of rotatable bonds is 9. The van der Waals surface area contributed by atoms with Crippen molar-refractivity contribution in [3.05, 3.63) is 155 Å². The van der Waals surface area contributed by atoms with E-state index in [0.29, 0.717) is 45.0 Å². The standard InChI is InChI=1S/C48H46N4O4/c1-47(2,3)37-17-21-45(55)35(25-37)29-51-41-13-9-7-11-39(41)49-27-33-23-31(15-19-43(33)53)32-16-20-44(54)34(24-32)28-50-40-12-8-10-14-42(40)52-30-36-26-38(48(4,5)6)18-22-46(36)56/h7-30,53-56H,1-6H3. The van der Waals surface area contributed by atoms with Gasteiger partial charge in [-0.3, -0.25) is 20.0 Å². The molecule has 0 saturated heterocycles. The smallest absolute Gasteiger partial charge is 0.124 e. The molecule has 0 atom stereocenters. The zero-order valence-electron chi connectivity index (χ0n) is 32.4. The van der Waals surface area contributed by atoms with Gasteiger partial charge in [0, 0.05) is 47.1 Å². The molecule has 0 aliphatic rings. The lowest BCUT2D eigenvalue weighted by Gasteiger charge is -2.19. The molecule has 282 valence electrons. The van der Waals surface area contributed by atoms with Crippen molar-refractivity contribution < 1.29 is 20.4 Å². The predicted octanol–water partition coefficient (Wildman–Crippen LogP) is 11.8. The first-order chi connectivity index (χ1) is 26.7. The molecule has 0 aliphatic carbocycles. The zero-order chi connectivity index (χ0) is 40.0. The number of phenolic OH excluding ortho intramolecular Hbond substituents is 4. The number of nitrogens with zero attached hydrogens (tertiary/aromatic N) is 4. The monoisotopic (exact) mass is 742 g/mol. The van der Waals surface area contributed by atoms with E-state index in [1.54, 1.807) is 61.3 Å². The molecule has 8 nitrogen and oxygen atoms in total. The van der Waals surface area contributed by atoms with E-state index in [0.717, 1.165) is 22.3 Å². The van der Waals surface area contributed by atoms with Gasteiger partial charge in [-0.05, 0) is 106 Å². The summed E-state index contributed by atoms with van der Waals surface area (Å²) in [6.07, 6.45) is 6.44. The minimum absolute atomic E-state index is 0.0542. The lowest BCUT2D eigenvalue weighted by Crippen LogP contribution is -2.11. The van der Waals surface area contributed by atoms with Gasteiger partial charge in [-0.1, -0.05) is 90.1 Å². The number of hydrogen-bond acceptors (Lipinski definition) is 8. The summed E-state index contributed by atoms with van der Waals surface area (Å²) in [5.74, 6) is 0.391. The average Bonchev–Trinajstić information content (AvgIpc) is 3.16. The molecule has 8 heteroatoms. The van der Waals surface area contributed by atoms with E-state index in [4.69, 9.17) is 0 Å². The van der Waals surface area contributed by atoms with Crippen molar-refractivity contribution >= 4 is 47.6 Å². The van der Waals surface area contributed by atoms with Crippen molar-refractivity contribution in [3.8, 4) is 34.1 Å². The third-order valence-electron chi connectivity index (χ3n) is 9.31. The van der Waals surface area contributed by atoms with Gasteiger partial charge in [0.15, 0.2) is 0 Å². The SMILES string of the molecule is CC(C)(C)c1ccc(O)c(C=Nc2ccccc2N=Cc2cc(-c3ccc(O)c(C=Nc4ccccc4N=Cc4cc(C(C)(C)C)ccc4O)c3)ccc2O)c1. The minimum atomic E-state index is -0.0842. The third kappa shape index (κ3) is 9.46. The van der Waals surface area contributed by atoms with Gasteiger partial charge in [-0.15, -0.1) is 0 Å². The minimum Gasteiger partial charge on any atom is -0.507 e. The van der Waals surface area contributed by atoms with Crippen molar-refractivity contribution in [1.29, 1.82) is 0 Å². The second kappa shape index (κ2) is 16.3. The van der Waals surface area contributed by atoms with Crippen LogP contribution in [0.15, 0.2) is 141 Å². The fourth-order valence-corrected chi connectivity index (χ4v) is 5.85. The zero-order valence-corrected chi connectivity index (χ0v) is 32.4. The van der Waals surface area contributed by atoms with Gasteiger partial charge in [-0.25, -0.2) is 0 Å². The lowest BCUT2D eigenvalue weighted by molar-refractivity contribution is 0.472. The molecular weight excluding hydrogens is 697 g/mol. The molecule has 6 rings (SSSR count). The van der Waals surface area contributed by atoms with Crippen LogP contribution in [0.1, 0.15) is 74.9 Å². The predicted molar refractivity (Wildman–Crippen MR) is 231 cm³/mol. The van der Waals surface area contributed by atoms with Crippen LogP contribution in [-0.4, -0.2) is 45.3 Å². The van der Waals surface area contributed by atoms with Crippen LogP contribution in [0.25, 0.3) is 11.1 Å². The van der Waals surface area contributed by atoms with E-state index >= 15 is 0 Å². The van der Waals surface area contributed by atoms with Crippen LogP contribution in [0.2, 0.25) is 0 Å². The van der Waals surface area contributed by atoms with Crippen LogP contribution in [-0.2, 0) is 10.8 Å². The quantitative estimate of drug-likeness (QED) is 0.110. The van der Waals surface area contributed by atoms with Crippen molar-refractivity contribution in [1.82, 2.24) is 0 Å². The van der Waals surface area contributed by atoms with Crippen molar-refractivity contribution in [3.63, 3.8) is 0 Å². The molecule has 0 bridgehead atoms. The molecule has 0 saturated carbocycles. The van der Waals surface area contributed by atoms with E-state index in [1.165, 1.54) is 0 Å². The summed E-state index contributed by atoms with van der Waals surface area (Å²) in [4.78, 5) is 18.6. The van der Waals surface area contributed by atoms with Gasteiger partial charge in [0.2, 0.25) is 0 Å². The molecular formula is C48H46N4O4. The highest BCUT2D eigenvalue weighted by Gasteiger charge is 2.16. The van der Waals surface area contributed by atoms with E-state index in [2.05, 4.69) is 61.5 Å². The fraction of sp³-hybridized carbons (Fsp3) is 0.167. The van der Waals surface area contributed by atoms with Crippen LogP contribution in [0, 0.1) is 0 Å². The Kier molecular flexibility index (Phi) is 11.3. The Labute approximate surface area is 328 Å². The molecule has 0 aromatic heterocycles. The van der Waals surface area contributed by atoms with Gasteiger partial charge in [-0.2, -0.15) is 0 Å². The topological polar surface area (TPSA) is 130 Å². The number of hydrogen-bond donors (Lipinski definition) is 4. The highest BCUT2D eigenvalue weighted by Crippen LogP contribution is 2.34. The van der Waals surface area contributed by atoms with Gasteiger partial charge < -0.3 is 20.4 Å². The summed E-state index contributed by atoms with van der Waals surface area (Å²) < 4.78 is 0. The van der Waals surface area contributed by atoms with Crippen molar-refractivity contribution in [2.45, 2.75) is 52.4 Å². The Bertz CT molecular complexity index is 2330.